The summed E-state index contributed by atoms with van der Waals surface area (Å²) in [6.07, 6.45) is 0. The molecule has 0 aliphatic rings. The summed E-state index contributed by atoms with van der Waals surface area (Å²) in [5, 5.41) is 13.3. The number of amides is 1. The maximum atomic E-state index is 13.5. The number of phenolic OH excluding ortho intramolecular Hbond substituents is 1. The van der Waals surface area contributed by atoms with E-state index in [4.69, 9.17) is 9.47 Å². The van der Waals surface area contributed by atoms with E-state index in [9.17, 15) is 19.1 Å². The van der Waals surface area contributed by atoms with Gasteiger partial charge in [-0.2, -0.15) is 0 Å². The lowest BCUT2D eigenvalue weighted by Crippen LogP contribution is -2.25. The van der Waals surface area contributed by atoms with Gasteiger partial charge >= 0.3 is 11.9 Å². The fourth-order valence-corrected chi connectivity index (χ4v) is 4.53. The maximum absolute atomic E-state index is 13.5. The number of rotatable bonds is 10. The second kappa shape index (κ2) is 13.6. The minimum absolute atomic E-state index is 0.113. The van der Waals surface area contributed by atoms with Gasteiger partial charge in [0.05, 0.1) is 6.61 Å². The van der Waals surface area contributed by atoms with E-state index < -0.39 is 11.9 Å². The Morgan fingerprint density at radius 1 is 0.854 bits per heavy atom. The van der Waals surface area contributed by atoms with Crippen molar-refractivity contribution in [2.45, 2.75) is 40.4 Å². The van der Waals surface area contributed by atoms with Crippen molar-refractivity contribution in [1.29, 1.82) is 0 Å². The Kier molecular flexibility index (Phi) is 9.71. The highest BCUT2D eigenvalue weighted by Gasteiger charge is 2.17. The number of nitrogens with zero attached hydrogens (tertiary/aromatic N) is 1. The Labute approximate surface area is 239 Å². The number of ether oxygens (including phenoxy) is 2. The van der Waals surface area contributed by atoms with Crippen molar-refractivity contribution in [2.24, 2.45) is 0 Å². The topological polar surface area (TPSA) is 88.1 Å². The first-order valence-corrected chi connectivity index (χ1v) is 13.3. The first kappa shape index (κ1) is 29.3. The smallest absolute Gasteiger partial charge is 0.397 e. The van der Waals surface area contributed by atoms with Gasteiger partial charge in [0.15, 0.2) is 0 Å². The van der Waals surface area contributed by atoms with Gasteiger partial charge in [-0.25, -0.2) is 9.18 Å². The Morgan fingerprint density at radius 2 is 1.49 bits per heavy atom. The number of phenols is 1. The molecule has 7 nitrogen and oxygen atoms in total. The molecule has 0 aromatic heterocycles. The molecule has 8 heteroatoms. The van der Waals surface area contributed by atoms with Crippen LogP contribution >= 0.6 is 0 Å². The Balaban J connectivity index is 1.54. The first-order valence-electron chi connectivity index (χ1n) is 13.3. The minimum atomic E-state index is -0.944. The number of nitrogens with one attached hydrogen (secondary N) is 1. The third kappa shape index (κ3) is 8.16. The predicted molar refractivity (Wildman–Crippen MR) is 155 cm³/mol. The number of carbonyl (C=O) groups excluding carboxylic acids is 2. The number of aromatic hydroxyl groups is 1. The van der Waals surface area contributed by atoms with Gasteiger partial charge in [0, 0.05) is 30.9 Å². The van der Waals surface area contributed by atoms with Crippen molar-refractivity contribution in [3.63, 3.8) is 0 Å². The number of benzene rings is 4. The van der Waals surface area contributed by atoms with Crippen LogP contribution in [-0.4, -0.2) is 28.5 Å². The lowest BCUT2D eigenvalue weighted by atomic mass is 10.1. The number of anilines is 1. The molecule has 0 aliphatic heterocycles. The van der Waals surface area contributed by atoms with Crippen LogP contribution in [0.4, 0.5) is 10.1 Å². The summed E-state index contributed by atoms with van der Waals surface area (Å²) in [6, 6.07) is 24.9. The van der Waals surface area contributed by atoms with E-state index in [1.807, 2.05) is 44.2 Å². The molecule has 4 aromatic rings. The van der Waals surface area contributed by atoms with Crippen molar-refractivity contribution in [3.05, 3.63) is 119 Å². The fourth-order valence-electron chi connectivity index (χ4n) is 4.53. The SMILES string of the molecule is CCOC(=O)C(=O)Nc1cc(C)c(Oc2ccc(O)c(CN(Cc3ccccc3)Cc3ccc(F)cc3)c2)c(C)c1. The summed E-state index contributed by atoms with van der Waals surface area (Å²) in [7, 11) is 0. The summed E-state index contributed by atoms with van der Waals surface area (Å²) in [6.45, 7) is 7.03. The molecule has 0 bridgehead atoms. The largest absolute Gasteiger partial charge is 0.508 e. The molecule has 0 atom stereocenters. The maximum Gasteiger partial charge on any atom is 0.397 e. The quantitative estimate of drug-likeness (QED) is 0.168. The molecule has 212 valence electrons. The number of hydrogen-bond donors (Lipinski definition) is 2. The van der Waals surface area contributed by atoms with Crippen molar-refractivity contribution in [1.82, 2.24) is 4.90 Å². The van der Waals surface area contributed by atoms with Crippen LogP contribution in [-0.2, 0) is 34.0 Å². The molecule has 0 unspecified atom stereocenters. The van der Waals surface area contributed by atoms with Gasteiger partial charge < -0.3 is 19.9 Å². The van der Waals surface area contributed by atoms with E-state index in [-0.39, 0.29) is 18.2 Å². The molecule has 0 radical (unpaired) electrons. The first-order chi connectivity index (χ1) is 19.7. The number of hydrogen-bond acceptors (Lipinski definition) is 6. The molecule has 2 N–H and O–H groups in total. The van der Waals surface area contributed by atoms with Crippen LogP contribution in [0.1, 0.15) is 34.7 Å². The predicted octanol–water partition coefficient (Wildman–Crippen LogP) is 6.64. The normalized spacial score (nSPS) is 10.9. The summed E-state index contributed by atoms with van der Waals surface area (Å²) >= 11 is 0. The van der Waals surface area contributed by atoms with Crippen molar-refractivity contribution in [2.75, 3.05) is 11.9 Å². The van der Waals surface area contributed by atoms with E-state index in [0.717, 1.165) is 22.3 Å². The van der Waals surface area contributed by atoms with E-state index in [1.165, 1.54) is 12.1 Å². The second-order valence-corrected chi connectivity index (χ2v) is 9.76. The molecular weight excluding hydrogens is 523 g/mol. The molecule has 4 rings (SSSR count). The van der Waals surface area contributed by atoms with Crippen molar-refractivity contribution in [3.8, 4) is 17.2 Å². The molecule has 0 spiro atoms. The summed E-state index contributed by atoms with van der Waals surface area (Å²) in [4.78, 5) is 25.9. The lowest BCUT2D eigenvalue weighted by Gasteiger charge is -2.24. The fraction of sp³-hybridized carbons (Fsp3) is 0.212. The van der Waals surface area contributed by atoms with Gasteiger partial charge in [-0.3, -0.25) is 9.69 Å². The van der Waals surface area contributed by atoms with Gasteiger partial charge in [0.25, 0.3) is 0 Å². The van der Waals surface area contributed by atoms with Gasteiger partial charge in [-0.05, 0) is 85.5 Å². The molecule has 0 aliphatic carbocycles. The Hall–Kier alpha value is -4.69. The van der Waals surface area contributed by atoms with Crippen LogP contribution < -0.4 is 10.1 Å². The van der Waals surface area contributed by atoms with E-state index in [2.05, 4.69) is 10.2 Å². The van der Waals surface area contributed by atoms with Crippen LogP contribution in [0, 0.1) is 19.7 Å². The minimum Gasteiger partial charge on any atom is -0.508 e. The number of esters is 1. The van der Waals surface area contributed by atoms with Gasteiger partial charge in [0.2, 0.25) is 0 Å². The Bertz CT molecular complexity index is 1480. The molecule has 0 saturated heterocycles. The van der Waals surface area contributed by atoms with Gasteiger partial charge in [-0.15, -0.1) is 0 Å². The number of halogens is 1. The summed E-state index contributed by atoms with van der Waals surface area (Å²) < 4.78 is 24.5. The van der Waals surface area contributed by atoms with Crippen LogP contribution in [0.25, 0.3) is 0 Å². The average Bonchev–Trinajstić information content (AvgIpc) is 2.94. The summed E-state index contributed by atoms with van der Waals surface area (Å²) in [5.74, 6) is -0.800. The monoisotopic (exact) mass is 556 g/mol. The van der Waals surface area contributed by atoms with Crippen molar-refractivity contribution >= 4 is 17.6 Å². The third-order valence-electron chi connectivity index (χ3n) is 6.41. The molecule has 0 heterocycles. The zero-order valence-electron chi connectivity index (χ0n) is 23.3. The lowest BCUT2D eigenvalue weighted by molar-refractivity contribution is -0.152. The zero-order valence-corrected chi connectivity index (χ0v) is 23.3. The highest BCUT2D eigenvalue weighted by atomic mass is 19.1. The number of aryl methyl sites for hydroxylation is 2. The highest BCUT2D eigenvalue weighted by Crippen LogP contribution is 2.34. The van der Waals surface area contributed by atoms with Crippen LogP contribution in [0.2, 0.25) is 0 Å². The van der Waals surface area contributed by atoms with Crippen LogP contribution in [0.15, 0.2) is 84.9 Å². The zero-order chi connectivity index (χ0) is 29.4. The highest BCUT2D eigenvalue weighted by molar-refractivity contribution is 6.37. The average molecular weight is 557 g/mol. The van der Waals surface area contributed by atoms with E-state index in [1.54, 1.807) is 49.4 Å². The molecule has 41 heavy (non-hydrogen) atoms. The number of carbonyl (C=O) groups is 2. The Morgan fingerprint density at radius 3 is 2.12 bits per heavy atom. The molecule has 0 fully saturated rings. The summed E-state index contributed by atoms with van der Waals surface area (Å²) in [5.41, 5.74) is 4.70. The van der Waals surface area contributed by atoms with E-state index >= 15 is 0 Å². The van der Waals surface area contributed by atoms with Gasteiger partial charge in [0.1, 0.15) is 23.1 Å². The van der Waals surface area contributed by atoms with Gasteiger partial charge in [-0.1, -0.05) is 42.5 Å². The molecule has 1 amide bonds. The van der Waals surface area contributed by atoms with Crippen LogP contribution in [0.3, 0.4) is 0 Å². The van der Waals surface area contributed by atoms with Crippen LogP contribution in [0.5, 0.6) is 17.2 Å². The third-order valence-corrected chi connectivity index (χ3v) is 6.41. The van der Waals surface area contributed by atoms with E-state index in [0.29, 0.717) is 42.4 Å². The molecular formula is C33H33FN2O5. The standard InChI is InChI=1S/C33H33FN2O5/c1-4-40-33(39)32(38)35-28-16-22(2)31(23(3)17-28)41-29-14-15-30(37)26(18-29)21-36(19-24-8-6-5-7-9-24)20-25-10-12-27(34)13-11-25/h5-18,37H,4,19-21H2,1-3H3,(H,35,38). The van der Waals surface area contributed by atoms with Crippen molar-refractivity contribution < 1.29 is 28.6 Å². The molecule has 4 aromatic carbocycles. The molecule has 0 saturated carbocycles. The second-order valence-electron chi connectivity index (χ2n) is 9.76.